The Bertz CT molecular complexity index is 1510. The van der Waals surface area contributed by atoms with Crippen molar-refractivity contribution in [2.24, 2.45) is 17.1 Å². The van der Waals surface area contributed by atoms with Crippen molar-refractivity contribution in [1.29, 1.82) is 0 Å². The van der Waals surface area contributed by atoms with E-state index in [2.05, 4.69) is 25.8 Å². The molecule has 0 spiro atoms. The van der Waals surface area contributed by atoms with Crippen LogP contribution < -0.4 is 11.2 Å². The fourth-order valence-corrected chi connectivity index (χ4v) is 5.65. The highest BCUT2D eigenvalue weighted by Crippen LogP contribution is 2.57. The second-order valence-corrected chi connectivity index (χ2v) is 10.7. The molecule has 7 heteroatoms. The lowest BCUT2D eigenvalue weighted by atomic mass is 9.56. The second-order valence-electron chi connectivity index (χ2n) is 10.3. The summed E-state index contributed by atoms with van der Waals surface area (Å²) in [5.41, 5.74) is 7.37. The average molecular weight is 503 g/mol. The standard InChI is InChI=1S/C29H27ClN2O4/c1-28(2,3)21-13-15-29(21,36-27(31)34)19-11-9-17(10-12-19)22-23(33)20-14-16-32-26(30)25(20)35-24(22)18-7-5-4-6-8-18/h4-12,14,16,21H,13,15H2,1-3H3,(H2,31,34). The molecule has 1 aliphatic rings. The van der Waals surface area contributed by atoms with Crippen LogP contribution in [0, 0.1) is 11.3 Å². The minimum Gasteiger partial charge on any atom is -0.452 e. The first-order valence-corrected chi connectivity index (χ1v) is 12.3. The van der Waals surface area contributed by atoms with E-state index >= 15 is 0 Å². The molecule has 1 aliphatic carbocycles. The quantitative estimate of drug-likeness (QED) is 0.305. The average Bonchev–Trinajstić information content (AvgIpc) is 2.82. The highest BCUT2D eigenvalue weighted by molar-refractivity contribution is 6.33. The van der Waals surface area contributed by atoms with E-state index in [0.29, 0.717) is 28.7 Å². The number of primary amides is 1. The van der Waals surface area contributed by atoms with Gasteiger partial charge in [-0.2, -0.15) is 0 Å². The SMILES string of the molecule is CC(C)(C)C1CCC1(OC(N)=O)c1ccc(-c2c(-c3ccccc3)oc3c(Cl)nccc3c2=O)cc1. The van der Waals surface area contributed by atoms with Crippen LogP contribution in [-0.4, -0.2) is 11.1 Å². The van der Waals surface area contributed by atoms with Crippen LogP contribution in [0.3, 0.4) is 0 Å². The molecule has 36 heavy (non-hydrogen) atoms. The Balaban J connectivity index is 1.68. The van der Waals surface area contributed by atoms with Gasteiger partial charge in [-0.3, -0.25) is 4.79 Å². The van der Waals surface area contributed by atoms with Gasteiger partial charge in [0.15, 0.2) is 10.7 Å². The molecule has 0 aliphatic heterocycles. The predicted octanol–water partition coefficient (Wildman–Crippen LogP) is 6.92. The summed E-state index contributed by atoms with van der Waals surface area (Å²) >= 11 is 6.28. The number of nitrogens with zero attached hydrogens (tertiary/aromatic N) is 1. The Labute approximate surface area is 214 Å². The lowest BCUT2D eigenvalue weighted by Crippen LogP contribution is -2.53. The molecular weight excluding hydrogens is 476 g/mol. The summed E-state index contributed by atoms with van der Waals surface area (Å²) in [4.78, 5) is 29.7. The molecule has 2 atom stereocenters. The fraction of sp³-hybridized carbons (Fsp3) is 0.276. The van der Waals surface area contributed by atoms with Crippen LogP contribution in [0.4, 0.5) is 4.79 Å². The lowest BCUT2D eigenvalue weighted by Gasteiger charge is -2.54. The Morgan fingerprint density at radius 1 is 1.08 bits per heavy atom. The molecule has 1 saturated carbocycles. The summed E-state index contributed by atoms with van der Waals surface area (Å²) in [6, 6.07) is 18.6. The van der Waals surface area contributed by atoms with E-state index in [1.807, 2.05) is 54.6 Å². The number of fused-ring (bicyclic) bond motifs is 1. The van der Waals surface area contributed by atoms with Crippen molar-refractivity contribution in [2.45, 2.75) is 39.2 Å². The van der Waals surface area contributed by atoms with Crippen LogP contribution in [0.15, 0.2) is 76.1 Å². The first-order chi connectivity index (χ1) is 17.1. The lowest BCUT2D eigenvalue weighted by molar-refractivity contribution is -0.144. The van der Waals surface area contributed by atoms with Crippen LogP contribution in [0.1, 0.15) is 39.2 Å². The zero-order valence-electron chi connectivity index (χ0n) is 20.4. The van der Waals surface area contributed by atoms with Crippen LogP contribution in [-0.2, 0) is 10.3 Å². The maximum Gasteiger partial charge on any atom is 0.405 e. The van der Waals surface area contributed by atoms with Crippen molar-refractivity contribution in [2.75, 3.05) is 0 Å². The number of ether oxygens (including phenoxy) is 1. The molecule has 2 unspecified atom stereocenters. The summed E-state index contributed by atoms with van der Waals surface area (Å²) in [5, 5.41) is 0.488. The van der Waals surface area contributed by atoms with Gasteiger partial charge in [0.05, 0.1) is 10.9 Å². The number of hydrogen-bond donors (Lipinski definition) is 1. The van der Waals surface area contributed by atoms with Gasteiger partial charge in [0, 0.05) is 17.7 Å². The molecule has 5 rings (SSSR count). The van der Waals surface area contributed by atoms with Gasteiger partial charge in [-0.15, -0.1) is 0 Å². The van der Waals surface area contributed by atoms with Gasteiger partial charge in [0.2, 0.25) is 5.43 Å². The zero-order chi connectivity index (χ0) is 25.7. The van der Waals surface area contributed by atoms with Crippen LogP contribution >= 0.6 is 11.6 Å². The van der Waals surface area contributed by atoms with Gasteiger partial charge >= 0.3 is 6.09 Å². The third-order valence-electron chi connectivity index (χ3n) is 7.16. The van der Waals surface area contributed by atoms with Crippen molar-refractivity contribution >= 4 is 28.7 Å². The molecule has 2 aromatic heterocycles. The van der Waals surface area contributed by atoms with Crippen molar-refractivity contribution in [1.82, 2.24) is 4.98 Å². The molecule has 0 saturated heterocycles. The normalized spacial score (nSPS) is 19.6. The summed E-state index contributed by atoms with van der Waals surface area (Å²) in [6.07, 6.45) is 2.32. The predicted molar refractivity (Wildman–Crippen MR) is 141 cm³/mol. The van der Waals surface area contributed by atoms with Gasteiger partial charge in [0.1, 0.15) is 11.4 Å². The third kappa shape index (κ3) is 3.95. The number of halogens is 1. The number of nitrogens with two attached hydrogens (primary N) is 1. The zero-order valence-corrected chi connectivity index (χ0v) is 21.1. The van der Waals surface area contributed by atoms with Gasteiger partial charge in [0.25, 0.3) is 0 Å². The molecule has 0 radical (unpaired) electrons. The molecule has 6 nitrogen and oxygen atoms in total. The van der Waals surface area contributed by atoms with Crippen molar-refractivity contribution in [3.8, 4) is 22.5 Å². The molecule has 184 valence electrons. The van der Waals surface area contributed by atoms with Crippen molar-refractivity contribution in [3.05, 3.63) is 87.8 Å². The first-order valence-electron chi connectivity index (χ1n) is 11.9. The molecule has 2 heterocycles. The highest BCUT2D eigenvalue weighted by Gasteiger charge is 2.55. The van der Waals surface area contributed by atoms with E-state index in [0.717, 1.165) is 17.5 Å². The molecule has 2 aromatic carbocycles. The summed E-state index contributed by atoms with van der Waals surface area (Å²) in [7, 11) is 0. The number of pyridine rings is 1. The minimum atomic E-state index is -0.794. The Morgan fingerprint density at radius 3 is 2.36 bits per heavy atom. The Hall–Kier alpha value is -3.64. The molecular formula is C29H27ClN2O4. The van der Waals surface area contributed by atoms with E-state index in [1.165, 1.54) is 6.20 Å². The number of rotatable bonds is 4. The molecule has 4 aromatic rings. The monoisotopic (exact) mass is 502 g/mol. The fourth-order valence-electron chi connectivity index (χ4n) is 5.45. The number of carbonyl (C=O) groups excluding carboxylic acids is 1. The second kappa shape index (κ2) is 8.79. The minimum absolute atomic E-state index is 0.0838. The topological polar surface area (TPSA) is 95.4 Å². The number of amides is 1. The molecule has 1 fully saturated rings. The van der Waals surface area contributed by atoms with E-state index in [4.69, 9.17) is 26.5 Å². The van der Waals surface area contributed by atoms with Gasteiger partial charge in [-0.05, 0) is 35.4 Å². The van der Waals surface area contributed by atoms with E-state index in [9.17, 15) is 9.59 Å². The first kappa shape index (κ1) is 24.1. The van der Waals surface area contributed by atoms with Gasteiger partial charge in [-0.25, -0.2) is 9.78 Å². The number of benzene rings is 2. The summed E-state index contributed by atoms with van der Waals surface area (Å²) in [5.74, 6) is 0.527. The van der Waals surface area contributed by atoms with Crippen LogP contribution in [0.25, 0.3) is 33.4 Å². The molecule has 0 bridgehead atoms. The van der Waals surface area contributed by atoms with Crippen LogP contribution in [0.2, 0.25) is 5.15 Å². The highest BCUT2D eigenvalue weighted by atomic mass is 35.5. The van der Waals surface area contributed by atoms with Crippen LogP contribution in [0.5, 0.6) is 0 Å². The number of hydrogen-bond acceptors (Lipinski definition) is 5. The van der Waals surface area contributed by atoms with Gasteiger partial charge < -0.3 is 14.9 Å². The maximum atomic E-state index is 13.7. The summed E-state index contributed by atoms with van der Waals surface area (Å²) in [6.45, 7) is 6.41. The van der Waals surface area contributed by atoms with Gasteiger partial charge in [-0.1, -0.05) is 87.0 Å². The Kier molecular flexibility index (Phi) is 5.87. The van der Waals surface area contributed by atoms with Crippen molar-refractivity contribution < 1.29 is 13.9 Å². The number of carbonyl (C=O) groups is 1. The summed E-state index contributed by atoms with van der Waals surface area (Å²) < 4.78 is 12.0. The maximum absolute atomic E-state index is 13.7. The third-order valence-corrected chi connectivity index (χ3v) is 7.43. The van der Waals surface area contributed by atoms with E-state index in [1.54, 1.807) is 6.07 Å². The molecule has 2 N–H and O–H groups in total. The largest absolute Gasteiger partial charge is 0.452 e. The smallest absolute Gasteiger partial charge is 0.405 e. The molecule has 1 amide bonds. The van der Waals surface area contributed by atoms with E-state index < -0.39 is 11.7 Å². The number of aromatic nitrogens is 1. The Morgan fingerprint density at radius 2 is 1.78 bits per heavy atom. The van der Waals surface area contributed by atoms with E-state index in [-0.39, 0.29) is 27.5 Å². The van der Waals surface area contributed by atoms with Crippen molar-refractivity contribution in [3.63, 3.8) is 0 Å².